The quantitative estimate of drug-likeness (QED) is 0.563. The van der Waals surface area contributed by atoms with Gasteiger partial charge in [0.2, 0.25) is 0 Å². The Hall–Kier alpha value is -0.0500. The first kappa shape index (κ1) is 9.95. The Morgan fingerprint density at radius 3 is 2.10 bits per heavy atom. The third kappa shape index (κ3) is 1.72. The van der Waals surface area contributed by atoms with Crippen LogP contribution < -0.4 is 5.73 Å². The molecule has 0 aromatic carbocycles. The maximum Gasteiger partial charge on any atom is 0.0863 e. The third-order valence-electron chi connectivity index (χ3n) is 1.96. The van der Waals surface area contributed by atoms with E-state index in [1.54, 1.807) is 0 Å². The van der Waals surface area contributed by atoms with Crippen LogP contribution in [0.5, 0.6) is 0 Å². The van der Waals surface area contributed by atoms with Crippen molar-refractivity contribution < 1.29 is 5.11 Å². The van der Waals surface area contributed by atoms with Crippen molar-refractivity contribution in [2.45, 2.75) is 31.4 Å². The summed E-state index contributed by atoms with van der Waals surface area (Å²) in [6, 6.07) is -0.118. The van der Waals surface area contributed by atoms with Crippen LogP contribution >= 0.6 is 12.4 Å². The summed E-state index contributed by atoms with van der Waals surface area (Å²) in [5, 5.41) is 9.58. The highest BCUT2D eigenvalue weighted by atomic mass is 35.5. The molecule has 0 aromatic rings. The molecule has 2 nitrogen and oxygen atoms in total. The monoisotopic (exact) mass is 163 g/mol. The van der Waals surface area contributed by atoms with Crippen LogP contribution in [-0.2, 0) is 0 Å². The minimum absolute atomic E-state index is 0. The van der Waals surface area contributed by atoms with E-state index in [-0.39, 0.29) is 18.4 Å². The first-order valence-corrected chi connectivity index (χ1v) is 3.28. The molecule has 1 aliphatic carbocycles. The van der Waals surface area contributed by atoms with Crippen LogP contribution in [-0.4, -0.2) is 16.7 Å². The van der Waals surface area contributed by atoms with Crippen molar-refractivity contribution in [1.82, 2.24) is 0 Å². The van der Waals surface area contributed by atoms with E-state index in [1.165, 1.54) is 0 Å². The second kappa shape index (κ2) is 3.37. The molecule has 0 saturated carbocycles. The van der Waals surface area contributed by atoms with Gasteiger partial charge in [-0.05, 0) is 19.8 Å². The van der Waals surface area contributed by atoms with E-state index in [0.29, 0.717) is 12.8 Å². The summed E-state index contributed by atoms with van der Waals surface area (Å²) in [6.45, 7) is 1.84. The highest BCUT2D eigenvalue weighted by Gasteiger charge is 2.31. The summed E-state index contributed by atoms with van der Waals surface area (Å²) < 4.78 is 0. The molecule has 0 amide bonds. The zero-order chi connectivity index (χ0) is 6.91. The second-order valence-corrected chi connectivity index (χ2v) is 2.77. The number of hydrogen-bond donors (Lipinski definition) is 2. The van der Waals surface area contributed by atoms with Gasteiger partial charge in [0.15, 0.2) is 0 Å². The summed E-state index contributed by atoms with van der Waals surface area (Å²) in [5.41, 5.74) is 4.90. The van der Waals surface area contributed by atoms with Gasteiger partial charge in [-0.2, -0.15) is 0 Å². The second-order valence-electron chi connectivity index (χ2n) is 2.77. The molecule has 0 aromatic heterocycles. The Balaban J connectivity index is 0.000000810. The first-order chi connectivity index (χ1) is 4.15. The molecule has 0 aliphatic heterocycles. The van der Waals surface area contributed by atoms with Crippen molar-refractivity contribution in [3.05, 3.63) is 12.2 Å². The zero-order valence-electron chi connectivity index (χ0n) is 6.08. The predicted octanol–water partition coefficient (Wildman–Crippen LogP) is 0.837. The third-order valence-corrected chi connectivity index (χ3v) is 1.96. The van der Waals surface area contributed by atoms with Crippen molar-refractivity contribution in [3.63, 3.8) is 0 Å². The molecule has 1 aliphatic rings. The Kier molecular flexibility index (Phi) is 3.36. The van der Waals surface area contributed by atoms with Crippen LogP contribution in [0, 0.1) is 0 Å². The number of hydrogen-bond acceptors (Lipinski definition) is 2. The van der Waals surface area contributed by atoms with Crippen LogP contribution in [0.3, 0.4) is 0 Å². The van der Waals surface area contributed by atoms with Crippen LogP contribution in [0.2, 0.25) is 0 Å². The van der Waals surface area contributed by atoms with Crippen molar-refractivity contribution in [2.75, 3.05) is 0 Å². The van der Waals surface area contributed by atoms with E-state index in [9.17, 15) is 5.11 Å². The van der Waals surface area contributed by atoms with Gasteiger partial charge < -0.3 is 10.8 Å². The molecule has 60 valence electrons. The number of nitrogens with two attached hydrogens (primary N) is 1. The normalized spacial score (nSPS) is 23.9. The molecule has 0 saturated heterocycles. The zero-order valence-corrected chi connectivity index (χ0v) is 6.90. The highest BCUT2D eigenvalue weighted by Crippen LogP contribution is 2.25. The van der Waals surface area contributed by atoms with Crippen molar-refractivity contribution in [1.29, 1.82) is 0 Å². The van der Waals surface area contributed by atoms with Crippen LogP contribution in [0.4, 0.5) is 0 Å². The maximum absolute atomic E-state index is 9.58. The van der Waals surface area contributed by atoms with E-state index >= 15 is 0 Å². The molecule has 0 fully saturated rings. The van der Waals surface area contributed by atoms with Gasteiger partial charge in [-0.3, -0.25) is 0 Å². The first-order valence-electron chi connectivity index (χ1n) is 3.28. The van der Waals surface area contributed by atoms with Crippen LogP contribution in [0.15, 0.2) is 12.2 Å². The van der Waals surface area contributed by atoms with Gasteiger partial charge in [-0.15, -0.1) is 12.4 Å². The Morgan fingerprint density at radius 1 is 1.50 bits per heavy atom. The van der Waals surface area contributed by atoms with E-state index in [2.05, 4.69) is 0 Å². The van der Waals surface area contributed by atoms with Gasteiger partial charge in [0, 0.05) is 6.04 Å². The molecular formula is C7H14ClNO. The van der Waals surface area contributed by atoms with Crippen molar-refractivity contribution in [3.8, 4) is 0 Å². The largest absolute Gasteiger partial charge is 0.388 e. The van der Waals surface area contributed by atoms with E-state index in [0.717, 1.165) is 0 Å². The van der Waals surface area contributed by atoms with Gasteiger partial charge in [0.25, 0.3) is 0 Å². The smallest absolute Gasteiger partial charge is 0.0863 e. The van der Waals surface area contributed by atoms with E-state index in [4.69, 9.17) is 5.73 Å². The fourth-order valence-corrected chi connectivity index (χ4v) is 1.03. The fraction of sp³-hybridized carbons (Fsp3) is 0.714. The van der Waals surface area contributed by atoms with Gasteiger partial charge in [0.05, 0.1) is 5.60 Å². The average Bonchev–Trinajstić information content (AvgIpc) is 2.16. The topological polar surface area (TPSA) is 46.2 Å². The van der Waals surface area contributed by atoms with Gasteiger partial charge in [0.1, 0.15) is 0 Å². The SMILES string of the molecule is CC(N)C1(O)CC=CC1.Cl. The standard InChI is InChI=1S/C7H13NO.ClH/c1-6(8)7(9)4-2-3-5-7;/h2-3,6,9H,4-5,8H2,1H3;1H. The van der Waals surface area contributed by atoms with Crippen LogP contribution in [0.1, 0.15) is 19.8 Å². The summed E-state index contributed by atoms with van der Waals surface area (Å²) in [7, 11) is 0. The molecule has 0 spiro atoms. The Bertz CT molecular complexity index is 126. The van der Waals surface area contributed by atoms with E-state index < -0.39 is 5.60 Å². The average molecular weight is 164 g/mol. The molecule has 3 N–H and O–H groups in total. The molecule has 1 atom stereocenters. The summed E-state index contributed by atoms with van der Waals surface area (Å²) >= 11 is 0. The molecule has 1 unspecified atom stereocenters. The molecular weight excluding hydrogens is 150 g/mol. The lowest BCUT2D eigenvalue weighted by Gasteiger charge is -2.26. The lowest BCUT2D eigenvalue weighted by Crippen LogP contribution is -2.43. The summed E-state index contributed by atoms with van der Waals surface area (Å²) in [6.07, 6.45) is 5.38. The summed E-state index contributed by atoms with van der Waals surface area (Å²) in [5.74, 6) is 0. The number of halogens is 1. The van der Waals surface area contributed by atoms with Crippen molar-refractivity contribution in [2.24, 2.45) is 5.73 Å². The minimum Gasteiger partial charge on any atom is -0.388 e. The van der Waals surface area contributed by atoms with Gasteiger partial charge in [-0.1, -0.05) is 12.2 Å². The minimum atomic E-state index is -0.639. The van der Waals surface area contributed by atoms with Gasteiger partial charge >= 0.3 is 0 Å². The number of aliphatic hydroxyl groups is 1. The molecule has 0 bridgehead atoms. The lowest BCUT2D eigenvalue weighted by molar-refractivity contribution is 0.0326. The maximum atomic E-state index is 9.58. The molecule has 3 heteroatoms. The van der Waals surface area contributed by atoms with Crippen LogP contribution in [0.25, 0.3) is 0 Å². The molecule has 10 heavy (non-hydrogen) atoms. The Labute approximate surface area is 67.5 Å². The Morgan fingerprint density at radius 2 is 1.90 bits per heavy atom. The molecule has 0 heterocycles. The summed E-state index contributed by atoms with van der Waals surface area (Å²) in [4.78, 5) is 0. The van der Waals surface area contributed by atoms with Crippen molar-refractivity contribution >= 4 is 12.4 Å². The van der Waals surface area contributed by atoms with E-state index in [1.807, 2.05) is 19.1 Å². The van der Waals surface area contributed by atoms with Gasteiger partial charge in [-0.25, -0.2) is 0 Å². The molecule has 0 radical (unpaired) electrons. The fourth-order valence-electron chi connectivity index (χ4n) is 1.03. The molecule has 1 rings (SSSR count). The predicted molar refractivity (Wildman–Crippen MR) is 44.2 cm³/mol. The highest BCUT2D eigenvalue weighted by molar-refractivity contribution is 5.85. The number of rotatable bonds is 1. The lowest BCUT2D eigenvalue weighted by atomic mass is 9.94.